The molecule has 1 aliphatic rings. The number of aliphatic hydroxyl groups excluding tert-OH is 2. The lowest BCUT2D eigenvalue weighted by atomic mass is 10.1. The number of carbonyl (C=O) groups is 1. The van der Waals surface area contributed by atoms with E-state index >= 15 is 0 Å². The summed E-state index contributed by atoms with van der Waals surface area (Å²) in [7, 11) is 0. The summed E-state index contributed by atoms with van der Waals surface area (Å²) in [6, 6.07) is -0.686. The molecular weight excluding hydrogens is 497 g/mol. The maximum absolute atomic E-state index is 11.0. The van der Waals surface area contributed by atoms with Crippen molar-refractivity contribution in [1.29, 1.82) is 0 Å². The largest absolute Gasteiger partial charge is 0.477 e. The second-order valence-corrected chi connectivity index (χ2v) is 8.17. The molecule has 2 unspecified atom stereocenters. The van der Waals surface area contributed by atoms with Gasteiger partial charge < -0.3 is 36.4 Å². The number of nitrogens with two attached hydrogens (primary N) is 1. The van der Waals surface area contributed by atoms with Crippen LogP contribution < -0.4 is 16.4 Å². The van der Waals surface area contributed by atoms with E-state index in [2.05, 4.69) is 43.3 Å². The highest BCUT2D eigenvalue weighted by Crippen LogP contribution is 2.31. The molecule has 1 saturated heterocycles. The lowest BCUT2D eigenvalue weighted by Crippen LogP contribution is -3.14. The highest BCUT2D eigenvalue weighted by molar-refractivity contribution is 14.1. The van der Waals surface area contributed by atoms with Gasteiger partial charge in [-0.25, -0.2) is 19.7 Å². The zero-order chi connectivity index (χ0) is 21.1. The van der Waals surface area contributed by atoms with E-state index in [1.54, 1.807) is 0 Å². The van der Waals surface area contributed by atoms with Crippen molar-refractivity contribution in [3.63, 3.8) is 0 Å². The van der Waals surface area contributed by atoms with E-state index in [1.165, 1.54) is 17.2 Å². The number of rotatable bonds is 9. The number of nitrogens with one attached hydrogen (secondary N) is 1. The Morgan fingerprint density at radius 2 is 2.10 bits per heavy atom. The van der Waals surface area contributed by atoms with Crippen molar-refractivity contribution in [2.45, 2.75) is 37.0 Å². The van der Waals surface area contributed by atoms with Gasteiger partial charge in [-0.1, -0.05) is 22.6 Å². The van der Waals surface area contributed by atoms with Gasteiger partial charge in [0.05, 0.1) is 25.8 Å². The second kappa shape index (κ2) is 9.44. The van der Waals surface area contributed by atoms with Gasteiger partial charge in [0, 0.05) is 4.43 Å². The van der Waals surface area contributed by atoms with Crippen molar-refractivity contribution >= 4 is 45.5 Å². The minimum absolute atomic E-state index is 0.220. The minimum atomic E-state index is -1.17. The number of hydrogen-bond donors (Lipinski definition) is 6. The Labute approximate surface area is 180 Å². The number of aromatic nitrogens is 4. The third kappa shape index (κ3) is 4.75. The average Bonchev–Trinajstić information content (AvgIpc) is 3.23. The number of carboxylic acid groups (broad SMARTS) is 1. The molecule has 0 saturated carbocycles. The number of anilines is 1. The number of nitrogens with zero attached hydrogens (tertiary/aromatic N) is 4. The Bertz CT molecular complexity index is 852. The molecule has 0 bridgehead atoms. The second-order valence-electron chi connectivity index (χ2n) is 7.10. The summed E-state index contributed by atoms with van der Waals surface area (Å²) in [5.74, 6) is -0.711. The van der Waals surface area contributed by atoms with Crippen LogP contribution in [0.4, 0.5) is 5.82 Å². The number of aliphatic hydroxyl groups is 2. The normalized spacial score (nSPS) is 26.6. The van der Waals surface area contributed by atoms with Crippen molar-refractivity contribution in [3.8, 4) is 0 Å². The van der Waals surface area contributed by atoms with Gasteiger partial charge in [-0.05, 0) is 0 Å². The van der Waals surface area contributed by atoms with E-state index in [-0.39, 0.29) is 5.82 Å². The lowest BCUT2D eigenvalue weighted by molar-refractivity contribution is -0.901. The Balaban J connectivity index is 1.72. The van der Waals surface area contributed by atoms with Gasteiger partial charge in [-0.3, -0.25) is 4.57 Å². The predicted octanol–water partition coefficient (Wildman–Crippen LogP) is -3.57. The Hall–Kier alpha value is -1.65. The van der Waals surface area contributed by atoms with Crippen molar-refractivity contribution in [1.82, 2.24) is 19.5 Å². The Kier molecular flexibility index (Phi) is 7.18. The lowest BCUT2D eigenvalue weighted by Gasteiger charge is -2.23. The van der Waals surface area contributed by atoms with E-state index < -0.39 is 36.6 Å². The molecule has 2 aromatic rings. The molecule has 29 heavy (non-hydrogen) atoms. The SMILES string of the molecule is Nc1ncnc2c1ncn2[C@@H]1O[C@H](C[NH+](CCI)CC[C@H]([NH3+])C(=O)O)C(O)[C@@H]1O. The molecule has 3 heterocycles. The molecule has 2 aromatic heterocycles. The molecule has 3 rings (SSSR count). The van der Waals surface area contributed by atoms with Crippen molar-refractivity contribution in [2.24, 2.45) is 0 Å². The number of halogens is 1. The van der Waals surface area contributed by atoms with Crippen LogP contribution in [0.1, 0.15) is 12.6 Å². The maximum atomic E-state index is 11.0. The summed E-state index contributed by atoms with van der Waals surface area (Å²) in [6.45, 7) is 1.78. The van der Waals surface area contributed by atoms with Gasteiger partial charge in [0.1, 0.15) is 36.7 Å². The van der Waals surface area contributed by atoms with Crippen LogP contribution in [0, 0.1) is 0 Å². The molecule has 1 fully saturated rings. The number of aliphatic carboxylic acids is 1. The summed E-state index contributed by atoms with van der Waals surface area (Å²) >= 11 is 2.25. The highest BCUT2D eigenvalue weighted by Gasteiger charge is 2.46. The molecule has 0 radical (unpaired) electrons. The fourth-order valence-electron chi connectivity index (χ4n) is 3.43. The van der Waals surface area contributed by atoms with E-state index in [9.17, 15) is 15.0 Å². The number of carboxylic acids is 1. The number of ether oxygens (including phenoxy) is 1. The number of hydrogen-bond acceptors (Lipinski definition) is 8. The molecule has 0 aromatic carbocycles. The zero-order valence-electron chi connectivity index (χ0n) is 15.7. The van der Waals surface area contributed by atoms with Gasteiger partial charge in [0.2, 0.25) is 0 Å². The first-order valence-corrected chi connectivity index (χ1v) is 10.8. The smallest absolute Gasteiger partial charge is 0.362 e. The molecule has 1 aliphatic heterocycles. The fraction of sp³-hybridized carbons (Fsp3) is 0.625. The summed E-state index contributed by atoms with van der Waals surface area (Å²) in [6.07, 6.45) is -0.598. The van der Waals surface area contributed by atoms with Crippen LogP contribution in [0.15, 0.2) is 12.7 Å². The van der Waals surface area contributed by atoms with E-state index in [0.29, 0.717) is 30.7 Å². The molecule has 13 heteroatoms. The van der Waals surface area contributed by atoms with Gasteiger partial charge in [-0.2, -0.15) is 0 Å². The number of quaternary nitrogens is 2. The zero-order valence-corrected chi connectivity index (χ0v) is 17.8. The summed E-state index contributed by atoms with van der Waals surface area (Å²) in [4.78, 5) is 24.3. The topological polar surface area (TPSA) is 189 Å². The van der Waals surface area contributed by atoms with Crippen LogP contribution in [0.25, 0.3) is 11.2 Å². The first-order chi connectivity index (χ1) is 13.8. The molecule has 0 amide bonds. The Morgan fingerprint density at radius 1 is 1.34 bits per heavy atom. The van der Waals surface area contributed by atoms with Gasteiger partial charge in [-0.15, -0.1) is 0 Å². The van der Waals surface area contributed by atoms with E-state index in [0.717, 1.165) is 15.9 Å². The standard InChI is InChI=1S/C16H24IN7O5/c17-2-4-23(3-1-8(18)16(27)28)5-9-11(25)12(26)15(29-9)24-7-22-10-13(19)20-6-21-14(10)24/h6-9,11-12,15,25-26H,1-5,18H2,(H,27,28)(H2,19,20,21)/p+2/t8-,9+,11?,12-,15+/m0/s1. The molecule has 6 atom stereocenters. The first kappa shape index (κ1) is 22.0. The minimum Gasteiger partial charge on any atom is -0.477 e. The van der Waals surface area contributed by atoms with Crippen LogP contribution in [0.2, 0.25) is 0 Å². The van der Waals surface area contributed by atoms with E-state index in [1.807, 2.05) is 0 Å². The van der Waals surface area contributed by atoms with Crippen LogP contribution in [-0.2, 0) is 9.53 Å². The van der Waals surface area contributed by atoms with Crippen molar-refractivity contribution in [3.05, 3.63) is 12.7 Å². The molecule has 160 valence electrons. The van der Waals surface area contributed by atoms with Crippen LogP contribution in [0.5, 0.6) is 0 Å². The van der Waals surface area contributed by atoms with Crippen LogP contribution in [-0.4, -0.2) is 89.2 Å². The fourth-order valence-corrected chi connectivity index (χ4v) is 4.20. The number of imidazole rings is 1. The summed E-state index contributed by atoms with van der Waals surface area (Å²) in [5, 5.41) is 30.1. The number of fused-ring (bicyclic) bond motifs is 1. The Morgan fingerprint density at radius 3 is 2.79 bits per heavy atom. The van der Waals surface area contributed by atoms with E-state index in [4.69, 9.17) is 15.6 Å². The molecule has 0 spiro atoms. The van der Waals surface area contributed by atoms with Gasteiger partial charge in [0.15, 0.2) is 23.7 Å². The van der Waals surface area contributed by atoms with Crippen molar-refractivity contribution < 1.29 is 35.5 Å². The monoisotopic (exact) mass is 523 g/mol. The van der Waals surface area contributed by atoms with Gasteiger partial charge in [0.25, 0.3) is 0 Å². The van der Waals surface area contributed by atoms with Crippen LogP contribution >= 0.6 is 22.6 Å². The number of alkyl halides is 1. The summed E-state index contributed by atoms with van der Waals surface area (Å²) < 4.78 is 8.37. The predicted molar refractivity (Wildman–Crippen MR) is 109 cm³/mol. The quantitative estimate of drug-likeness (QED) is 0.143. The molecule has 9 N–H and O–H groups in total. The first-order valence-electron chi connectivity index (χ1n) is 9.23. The van der Waals surface area contributed by atoms with Crippen LogP contribution in [0.3, 0.4) is 0 Å². The van der Waals surface area contributed by atoms with Gasteiger partial charge >= 0.3 is 5.97 Å². The third-order valence-electron chi connectivity index (χ3n) is 5.13. The highest BCUT2D eigenvalue weighted by atomic mass is 127. The third-order valence-corrected chi connectivity index (χ3v) is 5.67. The molecule has 12 nitrogen and oxygen atoms in total. The molecule has 0 aliphatic carbocycles. The summed E-state index contributed by atoms with van der Waals surface area (Å²) in [5.41, 5.74) is 10.3. The average molecular weight is 523 g/mol. The maximum Gasteiger partial charge on any atom is 0.362 e. The number of nitrogen functional groups attached to an aromatic ring is 1. The van der Waals surface area contributed by atoms with Crippen molar-refractivity contribution in [2.75, 3.05) is 29.8 Å². The molecular formula is C16H26IN7O5+2.